The van der Waals surface area contributed by atoms with Gasteiger partial charge in [0.15, 0.2) is 0 Å². The molecule has 1 atom stereocenters. The van der Waals surface area contributed by atoms with E-state index < -0.39 is 0 Å². The van der Waals surface area contributed by atoms with Gasteiger partial charge in [0, 0.05) is 4.47 Å². The maximum Gasteiger partial charge on any atom is 0.124 e. The third-order valence-corrected chi connectivity index (χ3v) is 3.72. The molecule has 0 aromatic heterocycles. The Labute approximate surface area is 121 Å². The van der Waals surface area contributed by atoms with Crippen LogP contribution in [0.15, 0.2) is 53.0 Å². The highest BCUT2D eigenvalue weighted by atomic mass is 79.9. The summed E-state index contributed by atoms with van der Waals surface area (Å²) in [6, 6.07) is 15.3. The molecule has 3 heteroatoms. The SMILES string of the molecule is NCC(CCc1cc(F)cc(Br)c1)c1ccccc1. The number of nitrogens with two attached hydrogens (primary N) is 1. The van der Waals surface area contributed by atoms with Crippen LogP contribution in [0, 0.1) is 5.82 Å². The number of halogens is 2. The fourth-order valence-corrected chi connectivity index (χ4v) is 2.75. The van der Waals surface area contributed by atoms with E-state index in [1.165, 1.54) is 11.6 Å². The highest BCUT2D eigenvalue weighted by molar-refractivity contribution is 9.10. The van der Waals surface area contributed by atoms with Crippen LogP contribution >= 0.6 is 15.9 Å². The van der Waals surface area contributed by atoms with Crippen molar-refractivity contribution in [2.24, 2.45) is 5.73 Å². The molecule has 0 saturated heterocycles. The molecule has 19 heavy (non-hydrogen) atoms. The highest BCUT2D eigenvalue weighted by Gasteiger charge is 2.10. The molecule has 0 saturated carbocycles. The topological polar surface area (TPSA) is 26.0 Å². The lowest BCUT2D eigenvalue weighted by molar-refractivity contribution is 0.613. The van der Waals surface area contributed by atoms with E-state index >= 15 is 0 Å². The number of hydrogen-bond donors (Lipinski definition) is 1. The molecule has 2 aromatic rings. The van der Waals surface area contributed by atoms with Crippen LogP contribution in [0.25, 0.3) is 0 Å². The molecule has 0 heterocycles. The first-order valence-electron chi connectivity index (χ1n) is 6.39. The zero-order chi connectivity index (χ0) is 13.7. The predicted octanol–water partition coefficient (Wildman–Crippen LogP) is 4.26. The van der Waals surface area contributed by atoms with Gasteiger partial charge < -0.3 is 5.73 Å². The fraction of sp³-hybridized carbons (Fsp3) is 0.250. The molecule has 0 aliphatic heterocycles. The van der Waals surface area contributed by atoms with Gasteiger partial charge in [0.1, 0.15) is 5.82 Å². The van der Waals surface area contributed by atoms with Crippen LogP contribution in [0.1, 0.15) is 23.5 Å². The van der Waals surface area contributed by atoms with Crippen LogP contribution in [0.4, 0.5) is 4.39 Å². The molecule has 0 fully saturated rings. The highest BCUT2D eigenvalue weighted by Crippen LogP contribution is 2.22. The maximum atomic E-state index is 13.3. The summed E-state index contributed by atoms with van der Waals surface area (Å²) >= 11 is 3.32. The van der Waals surface area contributed by atoms with Crippen LogP contribution in [0.3, 0.4) is 0 Å². The van der Waals surface area contributed by atoms with Gasteiger partial charge in [-0.3, -0.25) is 0 Å². The second-order valence-corrected chi connectivity index (χ2v) is 5.58. The lowest BCUT2D eigenvalue weighted by Crippen LogP contribution is -2.13. The second-order valence-electron chi connectivity index (χ2n) is 4.66. The van der Waals surface area contributed by atoms with E-state index in [4.69, 9.17) is 5.73 Å². The van der Waals surface area contributed by atoms with Crippen LogP contribution in [0.2, 0.25) is 0 Å². The molecule has 0 spiro atoms. The van der Waals surface area contributed by atoms with Crippen LogP contribution in [-0.2, 0) is 6.42 Å². The van der Waals surface area contributed by atoms with Crippen molar-refractivity contribution in [2.45, 2.75) is 18.8 Å². The Balaban J connectivity index is 2.04. The number of benzene rings is 2. The van der Waals surface area contributed by atoms with Crippen LogP contribution in [0.5, 0.6) is 0 Å². The Morgan fingerprint density at radius 2 is 1.84 bits per heavy atom. The summed E-state index contributed by atoms with van der Waals surface area (Å²) in [6.45, 7) is 0.612. The van der Waals surface area contributed by atoms with Gasteiger partial charge in [-0.25, -0.2) is 4.39 Å². The van der Waals surface area contributed by atoms with E-state index in [0.717, 1.165) is 22.9 Å². The fourth-order valence-electron chi connectivity index (χ4n) is 2.24. The molecule has 0 radical (unpaired) electrons. The van der Waals surface area contributed by atoms with Crippen LogP contribution < -0.4 is 5.73 Å². The zero-order valence-corrected chi connectivity index (χ0v) is 12.2. The average molecular weight is 322 g/mol. The van der Waals surface area contributed by atoms with Crippen molar-refractivity contribution in [3.8, 4) is 0 Å². The first-order chi connectivity index (χ1) is 9.19. The molecule has 2 N–H and O–H groups in total. The molecule has 2 aromatic carbocycles. The number of hydrogen-bond acceptors (Lipinski definition) is 1. The van der Waals surface area contributed by atoms with E-state index in [1.807, 2.05) is 24.3 Å². The van der Waals surface area contributed by atoms with Crippen molar-refractivity contribution >= 4 is 15.9 Å². The summed E-state index contributed by atoms with van der Waals surface area (Å²) in [5, 5.41) is 0. The minimum absolute atomic E-state index is 0.201. The van der Waals surface area contributed by atoms with Gasteiger partial charge in [-0.05, 0) is 54.6 Å². The maximum absolute atomic E-state index is 13.3. The average Bonchev–Trinajstić information content (AvgIpc) is 2.39. The molecule has 0 aliphatic carbocycles. The Bertz CT molecular complexity index is 507. The number of rotatable bonds is 5. The minimum Gasteiger partial charge on any atom is -0.330 e. The van der Waals surface area contributed by atoms with Crippen molar-refractivity contribution in [3.05, 3.63) is 69.9 Å². The van der Waals surface area contributed by atoms with E-state index in [1.54, 1.807) is 6.07 Å². The van der Waals surface area contributed by atoms with Gasteiger partial charge in [0.2, 0.25) is 0 Å². The van der Waals surface area contributed by atoms with Crippen molar-refractivity contribution < 1.29 is 4.39 Å². The smallest absolute Gasteiger partial charge is 0.124 e. The Morgan fingerprint density at radius 3 is 2.47 bits per heavy atom. The quantitative estimate of drug-likeness (QED) is 0.874. The standard InChI is InChI=1S/C16H17BrFN/c17-15-8-12(9-16(18)10-15)6-7-14(11-19)13-4-2-1-3-5-13/h1-5,8-10,14H,6-7,11,19H2. The molecular weight excluding hydrogens is 305 g/mol. The Hall–Kier alpha value is -1.19. The third-order valence-electron chi connectivity index (χ3n) is 3.26. The first-order valence-corrected chi connectivity index (χ1v) is 7.18. The zero-order valence-electron chi connectivity index (χ0n) is 10.7. The van der Waals surface area contributed by atoms with E-state index in [0.29, 0.717) is 12.5 Å². The van der Waals surface area contributed by atoms with Gasteiger partial charge in [0.25, 0.3) is 0 Å². The molecule has 2 rings (SSSR count). The van der Waals surface area contributed by atoms with E-state index in [-0.39, 0.29) is 5.82 Å². The monoisotopic (exact) mass is 321 g/mol. The Morgan fingerprint density at radius 1 is 1.11 bits per heavy atom. The molecule has 0 aliphatic rings. The summed E-state index contributed by atoms with van der Waals surface area (Å²) < 4.78 is 14.1. The molecule has 1 nitrogen and oxygen atoms in total. The second kappa shape index (κ2) is 6.83. The van der Waals surface area contributed by atoms with Crippen molar-refractivity contribution in [3.63, 3.8) is 0 Å². The number of aryl methyl sites for hydroxylation is 1. The van der Waals surface area contributed by atoms with Gasteiger partial charge in [-0.15, -0.1) is 0 Å². The van der Waals surface area contributed by atoms with E-state index in [2.05, 4.69) is 28.1 Å². The van der Waals surface area contributed by atoms with Crippen molar-refractivity contribution in [1.29, 1.82) is 0 Å². The van der Waals surface area contributed by atoms with Crippen molar-refractivity contribution in [1.82, 2.24) is 0 Å². The largest absolute Gasteiger partial charge is 0.330 e. The predicted molar refractivity (Wildman–Crippen MR) is 80.7 cm³/mol. The lowest BCUT2D eigenvalue weighted by Gasteiger charge is -2.15. The van der Waals surface area contributed by atoms with Gasteiger partial charge in [0.05, 0.1) is 0 Å². The normalized spacial score (nSPS) is 12.4. The molecule has 0 bridgehead atoms. The molecule has 1 unspecified atom stereocenters. The molecule has 100 valence electrons. The van der Waals surface area contributed by atoms with Crippen molar-refractivity contribution in [2.75, 3.05) is 6.54 Å². The first kappa shape index (κ1) is 14.2. The van der Waals surface area contributed by atoms with Gasteiger partial charge >= 0.3 is 0 Å². The van der Waals surface area contributed by atoms with E-state index in [9.17, 15) is 4.39 Å². The summed E-state index contributed by atoms with van der Waals surface area (Å²) in [5.74, 6) is 0.122. The Kier molecular flexibility index (Phi) is 5.11. The molecule has 0 amide bonds. The summed E-state index contributed by atoms with van der Waals surface area (Å²) in [7, 11) is 0. The van der Waals surface area contributed by atoms with Gasteiger partial charge in [-0.1, -0.05) is 46.3 Å². The summed E-state index contributed by atoms with van der Waals surface area (Å²) in [4.78, 5) is 0. The van der Waals surface area contributed by atoms with Gasteiger partial charge in [-0.2, -0.15) is 0 Å². The lowest BCUT2D eigenvalue weighted by atomic mass is 9.92. The molecular formula is C16H17BrFN. The van der Waals surface area contributed by atoms with Crippen LogP contribution in [-0.4, -0.2) is 6.54 Å². The summed E-state index contributed by atoms with van der Waals surface area (Å²) in [6.07, 6.45) is 1.75. The summed E-state index contributed by atoms with van der Waals surface area (Å²) in [5.41, 5.74) is 8.10. The third kappa shape index (κ3) is 4.15. The minimum atomic E-state index is -0.201.